The van der Waals surface area contributed by atoms with Gasteiger partial charge in [-0.2, -0.15) is 0 Å². The molecule has 0 aliphatic carbocycles. The highest BCUT2D eigenvalue weighted by molar-refractivity contribution is 5.39. The minimum absolute atomic E-state index is 0.0779. The zero-order valence-electron chi connectivity index (χ0n) is 13.3. The topological polar surface area (TPSA) is 29.5 Å². The van der Waals surface area contributed by atoms with E-state index in [0.29, 0.717) is 6.61 Å². The molecular formula is C19H24O2. The lowest BCUT2D eigenvalue weighted by atomic mass is 9.86. The molecule has 0 spiro atoms. The summed E-state index contributed by atoms with van der Waals surface area (Å²) in [5, 5.41) is 9.03. The number of aliphatic hydroxyl groups excluding tert-OH is 1. The Labute approximate surface area is 127 Å². The fourth-order valence-corrected chi connectivity index (χ4v) is 2.18. The first-order valence-electron chi connectivity index (χ1n) is 7.33. The third-order valence-corrected chi connectivity index (χ3v) is 3.64. The van der Waals surface area contributed by atoms with Crippen LogP contribution in [0.3, 0.4) is 0 Å². The van der Waals surface area contributed by atoms with Crippen LogP contribution in [0.4, 0.5) is 0 Å². The molecule has 0 aliphatic rings. The second-order valence-corrected chi connectivity index (χ2v) is 6.49. The van der Waals surface area contributed by atoms with Crippen molar-refractivity contribution in [1.82, 2.24) is 0 Å². The Bertz CT molecular complexity index is 592. The van der Waals surface area contributed by atoms with Crippen LogP contribution in [0.5, 0.6) is 5.75 Å². The van der Waals surface area contributed by atoms with Gasteiger partial charge in [0.2, 0.25) is 0 Å². The number of hydrogen-bond acceptors (Lipinski definition) is 2. The van der Waals surface area contributed by atoms with Crippen molar-refractivity contribution in [2.24, 2.45) is 0 Å². The normalized spacial score (nSPS) is 11.5. The van der Waals surface area contributed by atoms with Crippen molar-refractivity contribution in [2.45, 2.75) is 46.3 Å². The summed E-state index contributed by atoms with van der Waals surface area (Å²) in [6, 6.07) is 14.2. The summed E-state index contributed by atoms with van der Waals surface area (Å²) >= 11 is 0. The van der Waals surface area contributed by atoms with E-state index in [1.165, 1.54) is 5.56 Å². The lowest BCUT2D eigenvalue weighted by Crippen LogP contribution is -2.11. The molecule has 0 radical (unpaired) electrons. The fraction of sp³-hybridized carbons (Fsp3) is 0.368. The van der Waals surface area contributed by atoms with Crippen LogP contribution in [0.1, 0.15) is 43.0 Å². The first-order chi connectivity index (χ1) is 9.90. The van der Waals surface area contributed by atoms with E-state index in [-0.39, 0.29) is 12.0 Å². The largest absolute Gasteiger partial charge is 0.489 e. The van der Waals surface area contributed by atoms with Crippen LogP contribution in [0, 0.1) is 6.92 Å². The number of aliphatic hydroxyl groups is 1. The molecular weight excluding hydrogens is 260 g/mol. The van der Waals surface area contributed by atoms with E-state index in [1.54, 1.807) is 0 Å². The quantitative estimate of drug-likeness (QED) is 0.903. The molecule has 21 heavy (non-hydrogen) atoms. The molecule has 0 aliphatic heterocycles. The molecule has 0 bridgehead atoms. The van der Waals surface area contributed by atoms with Gasteiger partial charge in [-0.1, -0.05) is 57.2 Å². The van der Waals surface area contributed by atoms with Crippen LogP contribution in [0.25, 0.3) is 0 Å². The maximum Gasteiger partial charge on any atom is 0.122 e. The Kier molecular flexibility index (Phi) is 4.69. The van der Waals surface area contributed by atoms with Gasteiger partial charge < -0.3 is 9.84 Å². The monoisotopic (exact) mass is 284 g/mol. The maximum atomic E-state index is 9.03. The molecule has 2 aromatic rings. The van der Waals surface area contributed by atoms with Gasteiger partial charge in [0.05, 0.1) is 6.61 Å². The summed E-state index contributed by atoms with van der Waals surface area (Å²) in [5.41, 5.74) is 4.66. The highest BCUT2D eigenvalue weighted by Crippen LogP contribution is 2.27. The molecule has 0 amide bonds. The van der Waals surface area contributed by atoms with Gasteiger partial charge in [-0.3, -0.25) is 0 Å². The van der Waals surface area contributed by atoms with Crippen molar-refractivity contribution < 1.29 is 9.84 Å². The summed E-state index contributed by atoms with van der Waals surface area (Å²) in [6.07, 6.45) is 0. The SMILES string of the molecule is Cc1cc(C(C)(C)C)ccc1OCc1ccc(CO)cc1. The van der Waals surface area contributed by atoms with E-state index in [2.05, 4.69) is 45.9 Å². The minimum Gasteiger partial charge on any atom is -0.489 e. The molecule has 0 saturated carbocycles. The molecule has 0 heterocycles. The molecule has 0 saturated heterocycles. The predicted octanol–water partition coefficient (Wildman–Crippen LogP) is 4.36. The average molecular weight is 284 g/mol. The lowest BCUT2D eigenvalue weighted by Gasteiger charge is -2.20. The molecule has 112 valence electrons. The highest BCUT2D eigenvalue weighted by Gasteiger charge is 2.14. The minimum atomic E-state index is 0.0779. The summed E-state index contributed by atoms with van der Waals surface area (Å²) in [6.45, 7) is 9.34. The summed E-state index contributed by atoms with van der Waals surface area (Å²) in [5.74, 6) is 0.925. The van der Waals surface area contributed by atoms with Crippen LogP contribution in [-0.4, -0.2) is 5.11 Å². The Morgan fingerprint density at radius 2 is 1.57 bits per heavy atom. The number of rotatable bonds is 4. The van der Waals surface area contributed by atoms with Gasteiger partial charge in [0.1, 0.15) is 12.4 Å². The number of ether oxygens (including phenoxy) is 1. The number of aryl methyl sites for hydroxylation is 1. The van der Waals surface area contributed by atoms with Gasteiger partial charge in [0, 0.05) is 0 Å². The van der Waals surface area contributed by atoms with E-state index in [1.807, 2.05) is 24.3 Å². The first-order valence-corrected chi connectivity index (χ1v) is 7.33. The van der Waals surface area contributed by atoms with E-state index in [0.717, 1.165) is 22.4 Å². The molecule has 1 N–H and O–H groups in total. The second-order valence-electron chi connectivity index (χ2n) is 6.49. The molecule has 2 nitrogen and oxygen atoms in total. The summed E-state index contributed by atoms with van der Waals surface area (Å²) in [4.78, 5) is 0. The Morgan fingerprint density at radius 3 is 2.10 bits per heavy atom. The molecule has 2 aromatic carbocycles. The molecule has 0 aromatic heterocycles. The maximum absolute atomic E-state index is 9.03. The van der Waals surface area contributed by atoms with Gasteiger partial charge in [0.15, 0.2) is 0 Å². The fourth-order valence-electron chi connectivity index (χ4n) is 2.18. The van der Waals surface area contributed by atoms with Crippen LogP contribution in [0.15, 0.2) is 42.5 Å². The molecule has 0 atom stereocenters. The van der Waals surface area contributed by atoms with Crippen LogP contribution in [-0.2, 0) is 18.6 Å². The van der Waals surface area contributed by atoms with E-state index >= 15 is 0 Å². The van der Waals surface area contributed by atoms with Crippen molar-refractivity contribution in [3.05, 3.63) is 64.7 Å². The summed E-state index contributed by atoms with van der Waals surface area (Å²) in [7, 11) is 0. The van der Waals surface area contributed by atoms with Crippen LogP contribution < -0.4 is 4.74 Å². The molecule has 2 rings (SSSR count). The second kappa shape index (κ2) is 6.31. The third kappa shape index (κ3) is 4.08. The van der Waals surface area contributed by atoms with Gasteiger partial charge in [-0.15, -0.1) is 0 Å². The smallest absolute Gasteiger partial charge is 0.122 e. The zero-order chi connectivity index (χ0) is 15.5. The Morgan fingerprint density at radius 1 is 0.952 bits per heavy atom. The van der Waals surface area contributed by atoms with Gasteiger partial charge >= 0.3 is 0 Å². The molecule has 0 fully saturated rings. The van der Waals surface area contributed by atoms with Crippen molar-refractivity contribution in [3.63, 3.8) is 0 Å². The lowest BCUT2D eigenvalue weighted by molar-refractivity contribution is 0.281. The van der Waals surface area contributed by atoms with Crippen LogP contribution in [0.2, 0.25) is 0 Å². The van der Waals surface area contributed by atoms with E-state index in [9.17, 15) is 0 Å². The Balaban J connectivity index is 2.06. The van der Waals surface area contributed by atoms with Gasteiger partial charge in [-0.05, 0) is 40.7 Å². The first kappa shape index (κ1) is 15.6. The van der Waals surface area contributed by atoms with Crippen molar-refractivity contribution in [2.75, 3.05) is 0 Å². The zero-order valence-corrected chi connectivity index (χ0v) is 13.3. The Hall–Kier alpha value is -1.80. The number of benzene rings is 2. The van der Waals surface area contributed by atoms with E-state index < -0.39 is 0 Å². The number of hydrogen-bond donors (Lipinski definition) is 1. The van der Waals surface area contributed by atoms with Crippen molar-refractivity contribution in [3.8, 4) is 5.75 Å². The van der Waals surface area contributed by atoms with Crippen molar-refractivity contribution >= 4 is 0 Å². The summed E-state index contributed by atoms with van der Waals surface area (Å²) < 4.78 is 5.90. The van der Waals surface area contributed by atoms with Crippen LogP contribution >= 0.6 is 0 Å². The van der Waals surface area contributed by atoms with E-state index in [4.69, 9.17) is 9.84 Å². The molecule has 2 heteroatoms. The average Bonchev–Trinajstić information content (AvgIpc) is 2.45. The van der Waals surface area contributed by atoms with Gasteiger partial charge in [0.25, 0.3) is 0 Å². The third-order valence-electron chi connectivity index (χ3n) is 3.64. The van der Waals surface area contributed by atoms with Crippen molar-refractivity contribution in [1.29, 1.82) is 0 Å². The highest BCUT2D eigenvalue weighted by atomic mass is 16.5. The molecule has 0 unspecified atom stereocenters. The standard InChI is InChI=1S/C19H24O2/c1-14-11-17(19(2,3)4)9-10-18(14)21-13-16-7-5-15(12-20)6-8-16/h5-11,20H,12-13H2,1-4H3. The van der Waals surface area contributed by atoms with Gasteiger partial charge in [-0.25, -0.2) is 0 Å². The predicted molar refractivity (Wildman–Crippen MR) is 86.6 cm³/mol.